The van der Waals surface area contributed by atoms with Crippen molar-refractivity contribution in [3.63, 3.8) is 0 Å². The van der Waals surface area contributed by atoms with Gasteiger partial charge in [0.25, 0.3) is 11.5 Å². The molecule has 1 fully saturated rings. The molecule has 0 radical (unpaired) electrons. The van der Waals surface area contributed by atoms with E-state index in [4.69, 9.17) is 4.42 Å². The van der Waals surface area contributed by atoms with Gasteiger partial charge in [0.05, 0.1) is 6.26 Å². The van der Waals surface area contributed by atoms with Gasteiger partial charge in [0, 0.05) is 48.4 Å². The van der Waals surface area contributed by atoms with Crippen molar-refractivity contribution in [3.05, 3.63) is 82.5 Å². The van der Waals surface area contributed by atoms with Crippen LogP contribution in [-0.4, -0.2) is 28.5 Å². The number of benzene rings is 1. The molecular weight excluding hydrogens is 340 g/mol. The van der Waals surface area contributed by atoms with Gasteiger partial charge in [-0.2, -0.15) is 0 Å². The molecule has 5 nitrogen and oxygen atoms in total. The Morgan fingerprint density at radius 1 is 0.963 bits per heavy atom. The summed E-state index contributed by atoms with van der Waals surface area (Å²) in [5.41, 5.74) is 2.70. The van der Waals surface area contributed by atoms with Crippen molar-refractivity contribution in [2.24, 2.45) is 5.92 Å². The Labute approximate surface area is 156 Å². The van der Waals surface area contributed by atoms with Crippen molar-refractivity contribution < 1.29 is 9.21 Å². The zero-order chi connectivity index (χ0) is 18.4. The zero-order valence-corrected chi connectivity index (χ0v) is 14.9. The van der Waals surface area contributed by atoms with Crippen LogP contribution in [0.15, 0.2) is 70.1 Å². The van der Waals surface area contributed by atoms with E-state index in [1.54, 1.807) is 12.3 Å². The molecule has 5 rings (SSSR count). The second-order valence-corrected chi connectivity index (χ2v) is 7.43. The van der Waals surface area contributed by atoms with E-state index in [0.717, 1.165) is 23.4 Å². The molecule has 0 N–H and O–H groups in total. The van der Waals surface area contributed by atoms with Gasteiger partial charge in [-0.15, -0.1) is 0 Å². The van der Waals surface area contributed by atoms with Gasteiger partial charge < -0.3 is 13.9 Å². The lowest BCUT2D eigenvalue weighted by Gasteiger charge is -2.43. The van der Waals surface area contributed by atoms with Gasteiger partial charge in [0.1, 0.15) is 5.76 Å². The molecule has 2 bridgehead atoms. The minimum atomic E-state index is 0.0258. The molecule has 1 saturated heterocycles. The fourth-order valence-electron chi connectivity index (χ4n) is 4.58. The largest absolute Gasteiger partial charge is 0.464 e. The standard InChI is InChI=1S/C22H20N2O3/c25-20-9-8-18(19-7-4-10-27-19)21-17-11-15(13-24(20)21)12-23(14-17)22(26)16-5-2-1-3-6-16/h1-10,15,17H,11-14H2/t15-,17+/m0/s1. The van der Waals surface area contributed by atoms with Crippen LogP contribution in [0.2, 0.25) is 0 Å². The van der Waals surface area contributed by atoms with Crippen LogP contribution in [0.4, 0.5) is 0 Å². The van der Waals surface area contributed by atoms with E-state index >= 15 is 0 Å². The van der Waals surface area contributed by atoms with E-state index in [1.807, 2.05) is 58.0 Å². The summed E-state index contributed by atoms with van der Waals surface area (Å²) < 4.78 is 7.50. The Bertz CT molecular complexity index is 1040. The number of likely N-dealkylation sites (tertiary alicyclic amines) is 1. The van der Waals surface area contributed by atoms with Crippen LogP contribution >= 0.6 is 0 Å². The summed E-state index contributed by atoms with van der Waals surface area (Å²) in [5, 5.41) is 0. The molecule has 2 aromatic heterocycles. The highest BCUT2D eigenvalue weighted by atomic mass is 16.3. The van der Waals surface area contributed by atoms with Gasteiger partial charge in [-0.25, -0.2) is 0 Å². The lowest BCUT2D eigenvalue weighted by atomic mass is 9.81. The average molecular weight is 360 g/mol. The van der Waals surface area contributed by atoms with E-state index in [1.165, 1.54) is 0 Å². The number of furan rings is 1. The van der Waals surface area contributed by atoms with Crippen LogP contribution in [0.3, 0.4) is 0 Å². The maximum absolute atomic E-state index is 13.0. The number of nitrogens with zero attached hydrogens (tertiary/aromatic N) is 2. The van der Waals surface area contributed by atoms with Crippen molar-refractivity contribution in [1.29, 1.82) is 0 Å². The fraction of sp³-hybridized carbons (Fsp3) is 0.273. The third-order valence-electron chi connectivity index (χ3n) is 5.68. The van der Waals surface area contributed by atoms with Gasteiger partial charge >= 0.3 is 0 Å². The fourth-order valence-corrected chi connectivity index (χ4v) is 4.58. The van der Waals surface area contributed by atoms with Crippen molar-refractivity contribution >= 4 is 5.91 Å². The second kappa shape index (κ2) is 6.27. The summed E-state index contributed by atoms with van der Waals surface area (Å²) >= 11 is 0. The first kappa shape index (κ1) is 16.1. The van der Waals surface area contributed by atoms with Crippen molar-refractivity contribution in [2.75, 3.05) is 13.1 Å². The number of carbonyl (C=O) groups excluding carboxylic acids is 1. The van der Waals surface area contributed by atoms with E-state index in [0.29, 0.717) is 31.1 Å². The number of hydrogen-bond donors (Lipinski definition) is 0. The first-order valence-corrected chi connectivity index (χ1v) is 9.32. The Hall–Kier alpha value is -3.08. The maximum atomic E-state index is 13.0. The van der Waals surface area contributed by atoms with Gasteiger partial charge in [-0.05, 0) is 42.7 Å². The molecule has 0 unspecified atom stereocenters. The molecule has 27 heavy (non-hydrogen) atoms. The van der Waals surface area contributed by atoms with E-state index in [9.17, 15) is 9.59 Å². The van der Waals surface area contributed by atoms with Crippen molar-refractivity contribution in [3.8, 4) is 11.3 Å². The maximum Gasteiger partial charge on any atom is 0.253 e. The van der Waals surface area contributed by atoms with Crippen LogP contribution in [0.25, 0.3) is 11.3 Å². The highest BCUT2D eigenvalue weighted by molar-refractivity contribution is 5.94. The molecule has 0 spiro atoms. The molecule has 0 saturated carbocycles. The normalized spacial score (nSPS) is 21.0. The third-order valence-corrected chi connectivity index (χ3v) is 5.68. The molecule has 136 valence electrons. The van der Waals surface area contributed by atoms with Crippen LogP contribution in [0, 0.1) is 5.92 Å². The first-order chi connectivity index (χ1) is 13.2. The molecule has 2 aliphatic rings. The lowest BCUT2D eigenvalue weighted by molar-refractivity contribution is 0.0595. The Kier molecular flexibility index (Phi) is 3.74. The molecule has 1 amide bonds. The second-order valence-electron chi connectivity index (χ2n) is 7.43. The number of pyridine rings is 1. The topological polar surface area (TPSA) is 55.5 Å². The number of carbonyl (C=O) groups is 1. The van der Waals surface area contributed by atoms with Gasteiger partial charge in [0.15, 0.2) is 0 Å². The molecule has 2 aliphatic heterocycles. The molecule has 0 aliphatic carbocycles. The van der Waals surface area contributed by atoms with E-state index in [2.05, 4.69) is 0 Å². The molecule has 3 aromatic rings. The Balaban J connectivity index is 1.54. The highest BCUT2D eigenvalue weighted by Crippen LogP contribution is 2.40. The molecule has 2 atom stereocenters. The van der Waals surface area contributed by atoms with Crippen molar-refractivity contribution in [1.82, 2.24) is 9.47 Å². The molecule has 5 heteroatoms. The summed E-state index contributed by atoms with van der Waals surface area (Å²) in [4.78, 5) is 27.4. The molecule has 4 heterocycles. The SMILES string of the molecule is O=C(c1ccccc1)N1C[C@@H]2C[C@H](C1)c1c(-c3ccco3)ccc(=O)n1C2. The van der Waals surface area contributed by atoms with E-state index in [-0.39, 0.29) is 17.4 Å². The predicted molar refractivity (Wildman–Crippen MR) is 102 cm³/mol. The van der Waals surface area contributed by atoms with Crippen LogP contribution in [0.1, 0.15) is 28.4 Å². The third kappa shape index (κ3) is 2.70. The number of fused-ring (bicyclic) bond motifs is 4. The number of rotatable bonds is 2. The van der Waals surface area contributed by atoms with Crippen molar-refractivity contribution in [2.45, 2.75) is 18.9 Å². The van der Waals surface area contributed by atoms with Gasteiger partial charge in [0.2, 0.25) is 0 Å². The summed E-state index contributed by atoms with van der Waals surface area (Å²) in [5.74, 6) is 1.27. The van der Waals surface area contributed by atoms with E-state index < -0.39 is 0 Å². The number of hydrogen-bond acceptors (Lipinski definition) is 3. The van der Waals surface area contributed by atoms with Crippen LogP contribution in [0.5, 0.6) is 0 Å². The first-order valence-electron chi connectivity index (χ1n) is 9.32. The highest BCUT2D eigenvalue weighted by Gasteiger charge is 2.38. The quantitative estimate of drug-likeness (QED) is 0.704. The minimum absolute atomic E-state index is 0.0258. The Morgan fingerprint density at radius 3 is 2.59 bits per heavy atom. The summed E-state index contributed by atoms with van der Waals surface area (Å²) in [7, 11) is 0. The zero-order valence-electron chi connectivity index (χ0n) is 14.9. The summed E-state index contributed by atoms with van der Waals surface area (Å²) in [6, 6.07) is 16.7. The minimum Gasteiger partial charge on any atom is -0.464 e. The number of amides is 1. The summed E-state index contributed by atoms with van der Waals surface area (Å²) in [6.45, 7) is 1.97. The number of aromatic nitrogens is 1. The Morgan fingerprint density at radius 2 is 1.81 bits per heavy atom. The molecular formula is C22H20N2O3. The van der Waals surface area contributed by atoms with Crippen LogP contribution in [-0.2, 0) is 6.54 Å². The predicted octanol–water partition coefficient (Wildman–Crippen LogP) is 3.37. The van der Waals surface area contributed by atoms with Crippen LogP contribution < -0.4 is 5.56 Å². The average Bonchev–Trinajstić information content (AvgIpc) is 3.23. The number of piperidine rings is 1. The summed E-state index contributed by atoms with van der Waals surface area (Å²) in [6.07, 6.45) is 2.64. The molecule has 1 aromatic carbocycles. The monoisotopic (exact) mass is 360 g/mol. The van der Waals surface area contributed by atoms with Gasteiger partial charge in [-0.1, -0.05) is 18.2 Å². The smallest absolute Gasteiger partial charge is 0.253 e. The van der Waals surface area contributed by atoms with Gasteiger partial charge in [-0.3, -0.25) is 9.59 Å². The lowest BCUT2D eigenvalue weighted by Crippen LogP contribution is -2.49.